The first-order valence-corrected chi connectivity index (χ1v) is 10.9. The van der Waals surface area contributed by atoms with Crippen LogP contribution in [0.5, 0.6) is 0 Å². The van der Waals surface area contributed by atoms with Gasteiger partial charge in [0.25, 0.3) is 5.56 Å². The molecule has 1 N–H and O–H groups in total. The number of rotatable bonds is 7. The molecule has 1 amide bonds. The SMILES string of the molecule is CCc1ccc(-c2ccc(=O)n(CC(=O)NCc3csc(-c4ccccc4)n3)n2)cc1. The number of aromatic nitrogens is 3. The average Bonchev–Trinajstić information content (AvgIpc) is 3.29. The van der Waals surface area contributed by atoms with E-state index >= 15 is 0 Å². The first kappa shape index (κ1) is 20.7. The maximum atomic E-state index is 12.4. The summed E-state index contributed by atoms with van der Waals surface area (Å²) < 4.78 is 1.19. The van der Waals surface area contributed by atoms with Crippen LogP contribution in [0.25, 0.3) is 21.8 Å². The molecule has 0 unspecified atom stereocenters. The molecule has 6 nitrogen and oxygen atoms in total. The van der Waals surface area contributed by atoms with Gasteiger partial charge < -0.3 is 5.32 Å². The molecule has 0 saturated heterocycles. The van der Waals surface area contributed by atoms with Gasteiger partial charge in [0.15, 0.2) is 0 Å². The van der Waals surface area contributed by atoms with Crippen molar-refractivity contribution in [3.05, 3.63) is 93.7 Å². The van der Waals surface area contributed by atoms with E-state index in [9.17, 15) is 9.59 Å². The second kappa shape index (κ2) is 9.49. The van der Waals surface area contributed by atoms with Crippen LogP contribution in [0.1, 0.15) is 18.2 Å². The number of carbonyl (C=O) groups is 1. The van der Waals surface area contributed by atoms with Crippen LogP contribution in [0.15, 0.2) is 76.9 Å². The van der Waals surface area contributed by atoms with Gasteiger partial charge in [-0.25, -0.2) is 9.67 Å². The van der Waals surface area contributed by atoms with Gasteiger partial charge in [0.2, 0.25) is 5.91 Å². The molecule has 0 spiro atoms. The number of aryl methyl sites for hydroxylation is 1. The van der Waals surface area contributed by atoms with Crippen LogP contribution in [0.4, 0.5) is 0 Å². The van der Waals surface area contributed by atoms with Gasteiger partial charge in [-0.2, -0.15) is 5.10 Å². The molecule has 31 heavy (non-hydrogen) atoms. The number of nitrogens with zero attached hydrogens (tertiary/aromatic N) is 3. The third kappa shape index (κ3) is 5.13. The van der Waals surface area contributed by atoms with Gasteiger partial charge in [0.05, 0.1) is 17.9 Å². The summed E-state index contributed by atoms with van der Waals surface area (Å²) in [6.45, 7) is 2.25. The number of amides is 1. The number of hydrogen-bond donors (Lipinski definition) is 1. The van der Waals surface area contributed by atoms with E-state index in [1.54, 1.807) is 6.07 Å². The highest BCUT2D eigenvalue weighted by Gasteiger charge is 2.10. The van der Waals surface area contributed by atoms with Crippen LogP contribution in [0, 0.1) is 0 Å². The fourth-order valence-corrected chi connectivity index (χ4v) is 3.94. The molecule has 2 aromatic heterocycles. The molecule has 156 valence electrons. The fraction of sp³-hybridized carbons (Fsp3) is 0.167. The van der Waals surface area contributed by atoms with E-state index in [1.807, 2.05) is 60.0 Å². The zero-order valence-electron chi connectivity index (χ0n) is 17.1. The van der Waals surface area contributed by atoms with Crippen molar-refractivity contribution >= 4 is 17.2 Å². The van der Waals surface area contributed by atoms with Crippen molar-refractivity contribution in [2.75, 3.05) is 0 Å². The molecule has 0 aliphatic carbocycles. The van der Waals surface area contributed by atoms with E-state index in [2.05, 4.69) is 22.3 Å². The summed E-state index contributed by atoms with van der Waals surface area (Å²) in [6, 6.07) is 21.0. The maximum absolute atomic E-state index is 12.4. The Kier molecular flexibility index (Phi) is 6.33. The predicted molar refractivity (Wildman–Crippen MR) is 123 cm³/mol. The van der Waals surface area contributed by atoms with Gasteiger partial charge in [-0.15, -0.1) is 11.3 Å². The first-order chi connectivity index (χ1) is 15.1. The molecule has 7 heteroatoms. The van der Waals surface area contributed by atoms with Gasteiger partial charge >= 0.3 is 0 Å². The third-order valence-electron chi connectivity index (χ3n) is 4.86. The molecule has 0 fully saturated rings. The van der Waals surface area contributed by atoms with Crippen molar-refractivity contribution in [1.82, 2.24) is 20.1 Å². The Morgan fingerprint density at radius 1 is 1.00 bits per heavy atom. The molecule has 0 aliphatic heterocycles. The Bertz CT molecular complexity index is 1230. The molecule has 0 radical (unpaired) electrons. The van der Waals surface area contributed by atoms with E-state index in [-0.39, 0.29) is 18.0 Å². The van der Waals surface area contributed by atoms with Gasteiger partial charge in [0, 0.05) is 22.6 Å². The van der Waals surface area contributed by atoms with Crippen LogP contribution in [-0.2, 0) is 24.3 Å². The second-order valence-corrected chi connectivity index (χ2v) is 7.91. The van der Waals surface area contributed by atoms with Gasteiger partial charge in [0.1, 0.15) is 11.6 Å². The zero-order valence-corrected chi connectivity index (χ0v) is 17.9. The average molecular weight is 431 g/mol. The van der Waals surface area contributed by atoms with Crippen molar-refractivity contribution < 1.29 is 4.79 Å². The topological polar surface area (TPSA) is 76.9 Å². The lowest BCUT2D eigenvalue weighted by atomic mass is 10.1. The molecular formula is C24H22N4O2S. The van der Waals surface area contributed by atoms with Crippen LogP contribution in [0.3, 0.4) is 0 Å². The Labute approximate surface area is 184 Å². The minimum atomic E-state index is -0.316. The molecule has 2 aromatic carbocycles. The summed E-state index contributed by atoms with van der Waals surface area (Å²) in [5, 5.41) is 10.0. The summed E-state index contributed by atoms with van der Waals surface area (Å²) in [7, 11) is 0. The number of carbonyl (C=O) groups excluding carboxylic acids is 1. The highest BCUT2D eigenvalue weighted by Crippen LogP contribution is 2.23. The van der Waals surface area contributed by atoms with E-state index in [1.165, 1.54) is 27.6 Å². The summed E-state index contributed by atoms with van der Waals surface area (Å²) in [5.74, 6) is -0.289. The molecule has 0 saturated carbocycles. The zero-order chi connectivity index (χ0) is 21.6. The molecular weight excluding hydrogens is 408 g/mol. The van der Waals surface area contributed by atoms with Gasteiger partial charge in [-0.1, -0.05) is 61.5 Å². The Morgan fingerprint density at radius 2 is 1.77 bits per heavy atom. The quantitative estimate of drug-likeness (QED) is 0.482. The minimum Gasteiger partial charge on any atom is -0.349 e. The molecule has 0 aliphatic rings. The number of benzene rings is 2. The molecule has 0 atom stereocenters. The minimum absolute atomic E-state index is 0.143. The second-order valence-electron chi connectivity index (χ2n) is 7.05. The predicted octanol–water partition coefficient (Wildman–Crippen LogP) is 3.91. The molecule has 2 heterocycles. The summed E-state index contributed by atoms with van der Waals surface area (Å²) in [6.07, 6.45) is 0.958. The monoisotopic (exact) mass is 430 g/mol. The lowest BCUT2D eigenvalue weighted by Gasteiger charge is -2.08. The van der Waals surface area contributed by atoms with Crippen molar-refractivity contribution in [2.45, 2.75) is 26.4 Å². The summed E-state index contributed by atoms with van der Waals surface area (Å²) in [4.78, 5) is 29.2. The summed E-state index contributed by atoms with van der Waals surface area (Å²) >= 11 is 1.53. The van der Waals surface area contributed by atoms with Gasteiger partial charge in [-0.05, 0) is 18.1 Å². The normalized spacial score (nSPS) is 10.7. The van der Waals surface area contributed by atoms with Crippen LogP contribution in [0.2, 0.25) is 0 Å². The maximum Gasteiger partial charge on any atom is 0.267 e. The van der Waals surface area contributed by atoms with Crippen LogP contribution >= 0.6 is 11.3 Å². The number of thiazole rings is 1. The molecule has 4 rings (SSSR count). The Balaban J connectivity index is 1.40. The van der Waals surface area contributed by atoms with Crippen LogP contribution in [-0.4, -0.2) is 20.7 Å². The van der Waals surface area contributed by atoms with Crippen molar-refractivity contribution in [1.29, 1.82) is 0 Å². The van der Waals surface area contributed by atoms with Crippen molar-refractivity contribution in [2.24, 2.45) is 0 Å². The molecule has 0 bridgehead atoms. The van der Waals surface area contributed by atoms with E-state index in [0.29, 0.717) is 12.2 Å². The standard InChI is InChI=1S/C24H22N4O2S/c1-2-17-8-10-18(11-9-17)21-12-13-23(30)28(27-21)15-22(29)25-14-20-16-31-24(26-20)19-6-4-3-5-7-19/h3-13,16H,2,14-15H2,1H3,(H,25,29). The van der Waals surface area contributed by atoms with E-state index in [4.69, 9.17) is 0 Å². The number of hydrogen-bond acceptors (Lipinski definition) is 5. The van der Waals surface area contributed by atoms with Gasteiger partial charge in [-0.3, -0.25) is 9.59 Å². The highest BCUT2D eigenvalue weighted by atomic mass is 32.1. The lowest BCUT2D eigenvalue weighted by molar-refractivity contribution is -0.122. The Hall–Kier alpha value is -3.58. The summed E-state index contributed by atoms with van der Waals surface area (Å²) in [5.41, 5.74) is 4.30. The largest absolute Gasteiger partial charge is 0.349 e. The number of nitrogens with one attached hydrogen (secondary N) is 1. The van der Waals surface area contributed by atoms with E-state index in [0.717, 1.165) is 28.2 Å². The third-order valence-corrected chi connectivity index (χ3v) is 5.80. The highest BCUT2D eigenvalue weighted by molar-refractivity contribution is 7.13. The van der Waals surface area contributed by atoms with E-state index < -0.39 is 0 Å². The fourth-order valence-electron chi connectivity index (χ4n) is 3.11. The first-order valence-electron chi connectivity index (χ1n) is 10.1. The Morgan fingerprint density at radius 3 is 2.52 bits per heavy atom. The van der Waals surface area contributed by atoms with Crippen LogP contribution < -0.4 is 10.9 Å². The lowest BCUT2D eigenvalue weighted by Crippen LogP contribution is -2.33. The molecule has 4 aromatic rings. The van der Waals surface area contributed by atoms with Crippen molar-refractivity contribution in [3.63, 3.8) is 0 Å². The van der Waals surface area contributed by atoms with Crippen molar-refractivity contribution in [3.8, 4) is 21.8 Å². The smallest absolute Gasteiger partial charge is 0.267 e.